The number of aromatic nitrogens is 1. The number of likely N-dealkylation sites (N-methyl/N-ethyl adjacent to an activating group) is 1. The van der Waals surface area contributed by atoms with Crippen LogP contribution in [0.1, 0.15) is 30.9 Å². The molecule has 2 aromatic rings. The van der Waals surface area contributed by atoms with Crippen LogP contribution < -0.4 is 9.64 Å². The second kappa shape index (κ2) is 10.5. The molecule has 3 rings (SSSR count). The Morgan fingerprint density at radius 3 is 2.51 bits per heavy atom. The zero-order chi connectivity index (χ0) is 26.1. The Hall–Kier alpha value is -2.63. The monoisotopic (exact) mass is 508 g/mol. The van der Waals surface area contributed by atoms with Crippen molar-refractivity contribution in [2.45, 2.75) is 51.2 Å². The van der Waals surface area contributed by atoms with E-state index in [1.54, 1.807) is 25.7 Å². The van der Waals surface area contributed by atoms with Crippen LogP contribution in [0.3, 0.4) is 0 Å². The second-order valence-electron chi connectivity index (χ2n) is 9.51. The molecule has 3 atom stereocenters. The molecule has 0 saturated heterocycles. The van der Waals surface area contributed by atoms with Gasteiger partial charge in [0.1, 0.15) is 22.4 Å². The lowest BCUT2D eigenvalue weighted by Gasteiger charge is -2.33. The van der Waals surface area contributed by atoms with Crippen LogP contribution in [0.5, 0.6) is 5.75 Å². The maximum Gasteiger partial charge on any atom is 0.248 e. The first-order chi connectivity index (χ1) is 16.4. The summed E-state index contributed by atoms with van der Waals surface area (Å²) >= 11 is 0. The van der Waals surface area contributed by atoms with E-state index in [1.807, 2.05) is 44.1 Å². The molecule has 2 heterocycles. The number of hydrogen-bond donors (Lipinski definition) is 1. The van der Waals surface area contributed by atoms with E-state index in [4.69, 9.17) is 9.26 Å². The fraction of sp³-hybridized carbons (Fsp3) is 0.583. The first-order valence-electron chi connectivity index (χ1n) is 11.6. The van der Waals surface area contributed by atoms with Crippen LogP contribution in [0.4, 0.5) is 5.69 Å². The predicted molar refractivity (Wildman–Crippen MR) is 132 cm³/mol. The number of benzene rings is 1. The lowest BCUT2D eigenvalue weighted by molar-refractivity contribution is -0.134. The van der Waals surface area contributed by atoms with Crippen molar-refractivity contribution in [2.24, 2.45) is 5.92 Å². The molecule has 1 aliphatic rings. The molecule has 0 saturated carbocycles. The number of aliphatic hydroxyl groups is 1. The van der Waals surface area contributed by atoms with Gasteiger partial charge < -0.3 is 24.2 Å². The topological polar surface area (TPSA) is 116 Å². The number of aryl methyl sites for hydroxylation is 2. The summed E-state index contributed by atoms with van der Waals surface area (Å²) in [5.74, 6) is 0.432. The number of nitrogens with zero attached hydrogens (tertiary/aromatic N) is 4. The Balaban J connectivity index is 2.00. The van der Waals surface area contributed by atoms with Crippen LogP contribution in [-0.2, 0) is 21.2 Å². The highest BCUT2D eigenvalue weighted by atomic mass is 32.2. The van der Waals surface area contributed by atoms with E-state index in [0.717, 1.165) is 5.69 Å². The summed E-state index contributed by atoms with van der Waals surface area (Å²) in [5.41, 5.74) is 1.93. The van der Waals surface area contributed by atoms with Crippen LogP contribution in [-0.4, -0.2) is 86.8 Å². The number of hydrogen-bond acceptors (Lipinski definition) is 8. The van der Waals surface area contributed by atoms with Crippen molar-refractivity contribution in [3.63, 3.8) is 0 Å². The number of anilines is 1. The zero-order valence-corrected chi connectivity index (χ0v) is 22.3. The molecule has 35 heavy (non-hydrogen) atoms. The van der Waals surface area contributed by atoms with Gasteiger partial charge in [-0.3, -0.25) is 4.79 Å². The average molecular weight is 509 g/mol. The molecular weight excluding hydrogens is 472 g/mol. The lowest BCUT2D eigenvalue weighted by atomic mass is 10.0. The largest absolute Gasteiger partial charge is 0.488 e. The fourth-order valence-corrected chi connectivity index (χ4v) is 5.73. The zero-order valence-electron chi connectivity index (χ0n) is 21.5. The summed E-state index contributed by atoms with van der Waals surface area (Å²) in [5, 5.41) is 13.6. The number of sulfonamides is 1. The molecule has 0 unspecified atom stereocenters. The van der Waals surface area contributed by atoms with E-state index in [0.29, 0.717) is 23.6 Å². The molecule has 0 radical (unpaired) electrons. The van der Waals surface area contributed by atoms with E-state index in [1.165, 1.54) is 11.4 Å². The second-order valence-corrected chi connectivity index (χ2v) is 11.5. The number of amides is 1. The molecule has 10 nitrogen and oxygen atoms in total. The number of aliphatic hydroxyl groups excluding tert-OH is 1. The number of carbonyl (C=O) groups excluding carboxylic acids is 1. The number of rotatable bonds is 7. The summed E-state index contributed by atoms with van der Waals surface area (Å²) in [6.45, 7) is 7.08. The summed E-state index contributed by atoms with van der Waals surface area (Å²) in [6, 6.07) is 5.26. The van der Waals surface area contributed by atoms with Crippen molar-refractivity contribution < 1.29 is 27.6 Å². The fourth-order valence-electron chi connectivity index (χ4n) is 4.26. The first kappa shape index (κ1) is 27.0. The highest BCUT2D eigenvalue weighted by molar-refractivity contribution is 7.89. The quantitative estimate of drug-likeness (QED) is 0.602. The van der Waals surface area contributed by atoms with Gasteiger partial charge in [-0.1, -0.05) is 12.1 Å². The molecule has 0 aliphatic carbocycles. The van der Waals surface area contributed by atoms with Gasteiger partial charge in [-0.05, 0) is 39.0 Å². The Morgan fingerprint density at radius 2 is 1.94 bits per heavy atom. The first-order valence-corrected chi connectivity index (χ1v) is 13.1. The number of fused-ring (bicyclic) bond motifs is 1. The highest BCUT2D eigenvalue weighted by Gasteiger charge is 2.35. The minimum Gasteiger partial charge on any atom is -0.488 e. The Bertz CT molecular complexity index is 1140. The van der Waals surface area contributed by atoms with Gasteiger partial charge in [0.15, 0.2) is 5.76 Å². The van der Waals surface area contributed by atoms with Crippen LogP contribution in [0.25, 0.3) is 0 Å². The molecule has 1 aliphatic heterocycles. The maximum atomic E-state index is 13.3. The van der Waals surface area contributed by atoms with Gasteiger partial charge in [0.25, 0.3) is 0 Å². The Labute approximate surface area is 207 Å². The average Bonchev–Trinajstić information content (AvgIpc) is 3.16. The van der Waals surface area contributed by atoms with Crippen molar-refractivity contribution in [1.82, 2.24) is 14.4 Å². The molecule has 194 valence electrons. The summed E-state index contributed by atoms with van der Waals surface area (Å²) in [7, 11) is 1.45. The minimum absolute atomic E-state index is 0.0532. The smallest absolute Gasteiger partial charge is 0.248 e. The standard InChI is InChI=1S/C24H36N4O6S/c1-15-12-28(16(2)14-29)23(30)11-19-10-20(26(5)6)8-9-21(19)33-22(15)13-27(7)35(31,32)24-17(3)25-34-18(24)4/h8-10,15-16,22,29H,11-14H2,1-7H3/t15-,16+,22+/m0/s1. The van der Waals surface area contributed by atoms with Gasteiger partial charge in [-0.15, -0.1) is 0 Å². The third kappa shape index (κ3) is 5.62. The third-order valence-corrected chi connectivity index (χ3v) is 8.56. The van der Waals surface area contributed by atoms with E-state index in [9.17, 15) is 18.3 Å². The molecule has 1 aromatic carbocycles. The molecule has 1 aromatic heterocycles. The number of ether oxygens (including phenoxy) is 1. The maximum absolute atomic E-state index is 13.3. The number of carbonyl (C=O) groups is 1. The van der Waals surface area contributed by atoms with E-state index < -0.39 is 16.1 Å². The summed E-state index contributed by atoms with van der Waals surface area (Å²) in [4.78, 5) is 16.9. The van der Waals surface area contributed by atoms with Gasteiger partial charge in [0.05, 0.1) is 25.6 Å². The molecular formula is C24H36N4O6S. The van der Waals surface area contributed by atoms with Gasteiger partial charge in [0.2, 0.25) is 15.9 Å². The Morgan fingerprint density at radius 1 is 1.26 bits per heavy atom. The van der Waals surface area contributed by atoms with Crippen molar-refractivity contribution in [3.05, 3.63) is 35.2 Å². The molecule has 0 fully saturated rings. The van der Waals surface area contributed by atoms with Crippen molar-refractivity contribution >= 4 is 21.6 Å². The van der Waals surface area contributed by atoms with E-state index in [2.05, 4.69) is 5.16 Å². The van der Waals surface area contributed by atoms with Gasteiger partial charge >= 0.3 is 0 Å². The molecule has 11 heteroatoms. The van der Waals surface area contributed by atoms with Crippen LogP contribution in [0.2, 0.25) is 0 Å². The van der Waals surface area contributed by atoms with Crippen LogP contribution in [0, 0.1) is 19.8 Å². The molecule has 0 spiro atoms. The molecule has 1 amide bonds. The van der Waals surface area contributed by atoms with Crippen LogP contribution >= 0.6 is 0 Å². The van der Waals surface area contributed by atoms with Crippen molar-refractivity contribution in [1.29, 1.82) is 0 Å². The highest BCUT2D eigenvalue weighted by Crippen LogP contribution is 2.31. The lowest BCUT2D eigenvalue weighted by Crippen LogP contribution is -2.48. The van der Waals surface area contributed by atoms with Gasteiger partial charge in [-0.2, -0.15) is 4.31 Å². The van der Waals surface area contributed by atoms with E-state index >= 15 is 0 Å². The van der Waals surface area contributed by atoms with Crippen molar-refractivity contribution in [2.75, 3.05) is 45.7 Å². The molecule has 0 bridgehead atoms. The van der Waals surface area contributed by atoms with Gasteiger partial charge in [0, 0.05) is 44.9 Å². The summed E-state index contributed by atoms with van der Waals surface area (Å²) in [6.07, 6.45) is -0.438. The minimum atomic E-state index is -3.88. The summed E-state index contributed by atoms with van der Waals surface area (Å²) < 4.78 is 39.4. The third-order valence-electron chi connectivity index (χ3n) is 6.49. The van der Waals surface area contributed by atoms with Gasteiger partial charge in [-0.25, -0.2) is 8.42 Å². The SMILES string of the molecule is Cc1noc(C)c1S(=O)(=O)N(C)C[C@H]1Oc2ccc(N(C)C)cc2CC(=O)N([C@H](C)CO)C[C@@H]1C. The van der Waals surface area contributed by atoms with E-state index in [-0.39, 0.29) is 48.1 Å². The Kier molecular flexibility index (Phi) is 8.13. The normalized spacial score (nSPS) is 20.0. The van der Waals surface area contributed by atoms with Crippen molar-refractivity contribution in [3.8, 4) is 5.75 Å². The van der Waals surface area contributed by atoms with Crippen LogP contribution in [0.15, 0.2) is 27.6 Å². The molecule has 1 N–H and O–H groups in total. The predicted octanol–water partition coefficient (Wildman–Crippen LogP) is 1.83.